The number of hydrogen-bond acceptors (Lipinski definition) is 4. The Morgan fingerprint density at radius 1 is 1.56 bits per heavy atom. The summed E-state index contributed by atoms with van der Waals surface area (Å²) in [5.74, 6) is -0.181. The van der Waals surface area contributed by atoms with Gasteiger partial charge in [-0.3, -0.25) is 4.79 Å². The van der Waals surface area contributed by atoms with Crippen LogP contribution in [0.5, 0.6) is 0 Å². The Labute approximate surface area is 95.8 Å². The lowest BCUT2D eigenvalue weighted by Crippen LogP contribution is -2.27. The van der Waals surface area contributed by atoms with Crippen molar-refractivity contribution in [2.24, 2.45) is 0 Å². The number of esters is 1. The lowest BCUT2D eigenvalue weighted by molar-refractivity contribution is -0.142. The van der Waals surface area contributed by atoms with Gasteiger partial charge in [-0.1, -0.05) is 13.3 Å². The summed E-state index contributed by atoms with van der Waals surface area (Å²) in [5.41, 5.74) is 0. The van der Waals surface area contributed by atoms with Crippen molar-refractivity contribution in [3.63, 3.8) is 0 Å². The highest BCUT2D eigenvalue weighted by atomic mass is 16.5. The Morgan fingerprint density at radius 3 is 3.12 bits per heavy atom. The third-order valence-electron chi connectivity index (χ3n) is 2.14. The number of nitrogens with zero attached hydrogens (tertiary/aromatic N) is 2. The van der Waals surface area contributed by atoms with E-state index < -0.39 is 0 Å². The van der Waals surface area contributed by atoms with E-state index in [-0.39, 0.29) is 12.5 Å². The van der Waals surface area contributed by atoms with Crippen molar-refractivity contribution in [1.29, 1.82) is 0 Å². The molecule has 0 bridgehead atoms. The molecule has 1 aromatic rings. The standard InChI is InChI=1S/C11H19N3O2/c1-2-3-8-16-11(15)9-12-4-6-14-7-5-13-10-14/h5,7,10,12H,2-4,6,8-9H2,1H3. The van der Waals surface area contributed by atoms with Crippen molar-refractivity contribution in [3.05, 3.63) is 18.7 Å². The lowest BCUT2D eigenvalue weighted by Gasteiger charge is -2.06. The molecule has 5 heteroatoms. The zero-order valence-corrected chi connectivity index (χ0v) is 9.69. The SMILES string of the molecule is CCCCOC(=O)CNCCn1ccnc1. The van der Waals surface area contributed by atoms with Crippen LogP contribution in [0.1, 0.15) is 19.8 Å². The van der Waals surface area contributed by atoms with Crippen LogP contribution in [0.3, 0.4) is 0 Å². The number of unbranched alkanes of at least 4 members (excludes halogenated alkanes) is 1. The van der Waals surface area contributed by atoms with Crippen molar-refractivity contribution in [2.75, 3.05) is 19.7 Å². The molecule has 90 valence electrons. The average Bonchev–Trinajstić information content (AvgIpc) is 2.78. The first kappa shape index (κ1) is 12.7. The highest BCUT2D eigenvalue weighted by Gasteiger charge is 2.00. The van der Waals surface area contributed by atoms with E-state index in [1.54, 1.807) is 12.5 Å². The molecule has 0 aliphatic carbocycles. The molecular formula is C11H19N3O2. The van der Waals surface area contributed by atoms with Crippen LogP contribution in [0, 0.1) is 0 Å². The molecule has 1 rings (SSSR count). The van der Waals surface area contributed by atoms with Crippen molar-refractivity contribution >= 4 is 5.97 Å². The minimum absolute atomic E-state index is 0.181. The summed E-state index contributed by atoms with van der Waals surface area (Å²) >= 11 is 0. The first-order valence-corrected chi connectivity index (χ1v) is 5.65. The maximum absolute atomic E-state index is 11.2. The van der Waals surface area contributed by atoms with Gasteiger partial charge in [-0.25, -0.2) is 4.98 Å². The quantitative estimate of drug-likeness (QED) is 0.525. The molecule has 0 amide bonds. The number of nitrogens with one attached hydrogen (secondary N) is 1. The second-order valence-electron chi connectivity index (χ2n) is 3.55. The number of aromatic nitrogens is 2. The van der Waals surface area contributed by atoms with Crippen LogP contribution in [0.15, 0.2) is 18.7 Å². The van der Waals surface area contributed by atoms with Gasteiger partial charge >= 0.3 is 5.97 Å². The van der Waals surface area contributed by atoms with Gasteiger partial charge in [0.1, 0.15) is 0 Å². The zero-order chi connectivity index (χ0) is 11.6. The average molecular weight is 225 g/mol. The molecule has 1 N–H and O–H groups in total. The molecule has 0 aliphatic rings. The van der Waals surface area contributed by atoms with E-state index in [1.165, 1.54) is 0 Å². The predicted octanol–water partition coefficient (Wildman–Crippen LogP) is 0.816. The van der Waals surface area contributed by atoms with Crippen molar-refractivity contribution in [2.45, 2.75) is 26.3 Å². The van der Waals surface area contributed by atoms with Crippen molar-refractivity contribution < 1.29 is 9.53 Å². The third kappa shape index (κ3) is 5.50. The van der Waals surface area contributed by atoms with Crippen LogP contribution < -0.4 is 5.32 Å². The van der Waals surface area contributed by atoms with Crippen molar-refractivity contribution in [3.8, 4) is 0 Å². The molecule has 0 aromatic carbocycles. The number of hydrogen-bond donors (Lipinski definition) is 1. The van der Waals surface area contributed by atoms with Crippen LogP contribution in [-0.2, 0) is 16.1 Å². The molecule has 0 radical (unpaired) electrons. The van der Waals surface area contributed by atoms with Gasteiger partial charge in [0.15, 0.2) is 0 Å². The van der Waals surface area contributed by atoms with Crippen LogP contribution in [0.25, 0.3) is 0 Å². The van der Waals surface area contributed by atoms with Gasteiger partial charge in [0.25, 0.3) is 0 Å². The van der Waals surface area contributed by atoms with E-state index in [0.717, 1.165) is 25.9 Å². The second-order valence-corrected chi connectivity index (χ2v) is 3.55. The lowest BCUT2D eigenvalue weighted by atomic mass is 10.4. The van der Waals surface area contributed by atoms with Gasteiger partial charge in [0.2, 0.25) is 0 Å². The molecule has 1 aromatic heterocycles. The summed E-state index contributed by atoms with van der Waals surface area (Å²) in [6.07, 6.45) is 7.35. The summed E-state index contributed by atoms with van der Waals surface area (Å²) in [4.78, 5) is 15.1. The Morgan fingerprint density at radius 2 is 2.44 bits per heavy atom. The molecular weight excluding hydrogens is 206 g/mol. The predicted molar refractivity (Wildman–Crippen MR) is 61.0 cm³/mol. The van der Waals surface area contributed by atoms with E-state index >= 15 is 0 Å². The number of ether oxygens (including phenoxy) is 1. The Kier molecular flexibility index (Phi) is 6.25. The smallest absolute Gasteiger partial charge is 0.319 e. The molecule has 0 aliphatic heterocycles. The Bertz CT molecular complexity index is 285. The van der Waals surface area contributed by atoms with Crippen LogP contribution in [0.4, 0.5) is 0 Å². The summed E-state index contributed by atoms with van der Waals surface area (Å²) in [7, 11) is 0. The first-order chi connectivity index (χ1) is 7.83. The summed E-state index contributed by atoms with van der Waals surface area (Å²) < 4.78 is 6.95. The van der Waals surface area contributed by atoms with E-state index in [0.29, 0.717) is 6.61 Å². The number of imidazole rings is 1. The molecule has 0 saturated carbocycles. The number of carbonyl (C=O) groups is 1. The fraction of sp³-hybridized carbons (Fsp3) is 0.636. The largest absolute Gasteiger partial charge is 0.465 e. The molecule has 5 nitrogen and oxygen atoms in total. The monoisotopic (exact) mass is 225 g/mol. The second kappa shape index (κ2) is 7.87. The van der Waals surface area contributed by atoms with Gasteiger partial charge < -0.3 is 14.6 Å². The summed E-state index contributed by atoms with van der Waals surface area (Å²) in [6, 6.07) is 0. The Hall–Kier alpha value is -1.36. The number of rotatable bonds is 8. The van der Waals surface area contributed by atoms with Crippen LogP contribution in [-0.4, -0.2) is 35.2 Å². The van der Waals surface area contributed by atoms with Crippen LogP contribution >= 0.6 is 0 Å². The number of carbonyl (C=O) groups excluding carboxylic acids is 1. The molecule has 0 atom stereocenters. The van der Waals surface area contributed by atoms with Crippen molar-refractivity contribution in [1.82, 2.24) is 14.9 Å². The van der Waals surface area contributed by atoms with E-state index in [9.17, 15) is 4.79 Å². The minimum Gasteiger partial charge on any atom is -0.465 e. The van der Waals surface area contributed by atoms with Gasteiger partial charge in [0, 0.05) is 25.5 Å². The van der Waals surface area contributed by atoms with Gasteiger partial charge in [-0.2, -0.15) is 0 Å². The van der Waals surface area contributed by atoms with E-state index in [2.05, 4.69) is 17.2 Å². The maximum Gasteiger partial charge on any atom is 0.319 e. The summed E-state index contributed by atoms with van der Waals surface area (Å²) in [6.45, 7) is 4.41. The molecule has 0 saturated heterocycles. The molecule has 0 spiro atoms. The minimum atomic E-state index is -0.181. The molecule has 1 heterocycles. The van der Waals surface area contributed by atoms with Gasteiger partial charge in [-0.05, 0) is 6.42 Å². The zero-order valence-electron chi connectivity index (χ0n) is 9.69. The van der Waals surface area contributed by atoms with E-state index in [1.807, 2.05) is 10.8 Å². The maximum atomic E-state index is 11.2. The van der Waals surface area contributed by atoms with Crippen LogP contribution in [0.2, 0.25) is 0 Å². The third-order valence-corrected chi connectivity index (χ3v) is 2.14. The fourth-order valence-electron chi connectivity index (χ4n) is 1.20. The van der Waals surface area contributed by atoms with E-state index in [4.69, 9.17) is 4.74 Å². The topological polar surface area (TPSA) is 56.1 Å². The fourth-order valence-corrected chi connectivity index (χ4v) is 1.20. The molecule has 0 unspecified atom stereocenters. The Balaban J connectivity index is 1.96. The first-order valence-electron chi connectivity index (χ1n) is 5.65. The highest BCUT2D eigenvalue weighted by molar-refractivity contribution is 5.71. The molecule has 0 fully saturated rings. The normalized spacial score (nSPS) is 10.3. The molecule has 16 heavy (non-hydrogen) atoms. The highest BCUT2D eigenvalue weighted by Crippen LogP contribution is 1.88. The van der Waals surface area contributed by atoms with Gasteiger partial charge in [-0.15, -0.1) is 0 Å². The van der Waals surface area contributed by atoms with Gasteiger partial charge in [0.05, 0.1) is 19.5 Å². The summed E-state index contributed by atoms with van der Waals surface area (Å²) in [5, 5.41) is 3.03.